The molecule has 2 aromatic heterocycles. The highest BCUT2D eigenvalue weighted by Gasteiger charge is 2.18. The Morgan fingerprint density at radius 3 is 1.31 bits per heavy atom. The average Bonchev–Trinajstić information content (AvgIpc) is 3.79. The summed E-state index contributed by atoms with van der Waals surface area (Å²) < 4.78 is 9.09. The summed E-state index contributed by atoms with van der Waals surface area (Å²) in [6, 6.07) is 16.2. The molecule has 48 heavy (non-hydrogen) atoms. The van der Waals surface area contributed by atoms with Crippen LogP contribution in [0.15, 0.2) is 60.9 Å². The van der Waals surface area contributed by atoms with Crippen molar-refractivity contribution in [3.8, 4) is 33.6 Å². The zero-order valence-electron chi connectivity index (χ0n) is 27.7. The van der Waals surface area contributed by atoms with Crippen LogP contribution in [-0.4, -0.2) is 94.1 Å². The Labute approximate surface area is 279 Å². The number of methoxy groups -OCH3 is 2. The number of amides is 4. The molecule has 0 atom stereocenters. The van der Waals surface area contributed by atoms with Crippen molar-refractivity contribution < 1.29 is 28.7 Å². The minimum Gasteiger partial charge on any atom is -0.453 e. The van der Waals surface area contributed by atoms with Crippen LogP contribution < -0.4 is 10.6 Å². The zero-order valence-corrected chi connectivity index (χ0v) is 27.7. The predicted octanol–water partition coefficient (Wildman–Crippen LogP) is 4.32. The summed E-state index contributed by atoms with van der Waals surface area (Å²) in [7, 11) is 2.50. The van der Waals surface area contributed by atoms with Crippen molar-refractivity contribution >= 4 is 24.0 Å². The number of ether oxygens (including phenoxy) is 2. The summed E-state index contributed by atoms with van der Waals surface area (Å²) in [4.78, 5) is 66.8. The fourth-order valence-corrected chi connectivity index (χ4v) is 5.01. The minimum atomic E-state index is -0.652. The molecule has 4 N–H and O–H groups in total. The van der Waals surface area contributed by atoms with E-state index in [9.17, 15) is 19.2 Å². The Morgan fingerprint density at radius 2 is 0.979 bits per heavy atom. The molecule has 0 aliphatic rings. The van der Waals surface area contributed by atoms with Gasteiger partial charge in [0.1, 0.15) is 24.7 Å². The van der Waals surface area contributed by atoms with Gasteiger partial charge in [0.25, 0.3) is 0 Å². The number of imidazole rings is 2. The first-order valence-electron chi connectivity index (χ1n) is 15.7. The molecule has 254 valence electrons. The van der Waals surface area contributed by atoms with E-state index >= 15 is 0 Å². The number of nitrogens with zero attached hydrogens (tertiary/aromatic N) is 4. The van der Waals surface area contributed by atoms with E-state index in [-0.39, 0.29) is 24.9 Å². The van der Waals surface area contributed by atoms with Crippen molar-refractivity contribution in [1.29, 1.82) is 0 Å². The van der Waals surface area contributed by atoms with E-state index in [1.165, 1.54) is 14.2 Å². The number of benzene rings is 2. The lowest BCUT2D eigenvalue weighted by molar-refractivity contribution is -0.131. The standard InChI is InChI=1S/C34H42N8O6/c1-5-15-41(31(43)19-37-33(45)47-3)21-29-35-17-27(39-29)25-11-7-23(8-12-25)24-9-13-26(14-10-24)28-18-36-30(40-28)22-42(16-6-2)32(44)20-38-34(46)48-4/h7-14,17-18H,5-6,15-16,19-22H2,1-4H3,(H,35,39)(H,36,40)(H,37,45)(H,38,46). The van der Waals surface area contributed by atoms with Gasteiger partial charge in [-0.15, -0.1) is 0 Å². The quantitative estimate of drug-likeness (QED) is 0.146. The van der Waals surface area contributed by atoms with Crippen LogP contribution in [0.5, 0.6) is 0 Å². The van der Waals surface area contributed by atoms with Crippen molar-refractivity contribution in [2.24, 2.45) is 0 Å². The van der Waals surface area contributed by atoms with E-state index in [2.05, 4.69) is 40.0 Å². The maximum Gasteiger partial charge on any atom is 0.407 e. The largest absolute Gasteiger partial charge is 0.453 e. The van der Waals surface area contributed by atoms with Crippen LogP contribution in [-0.2, 0) is 32.2 Å². The molecule has 4 aromatic rings. The van der Waals surface area contributed by atoms with Crippen molar-refractivity contribution in [3.63, 3.8) is 0 Å². The summed E-state index contributed by atoms with van der Waals surface area (Å²) >= 11 is 0. The van der Waals surface area contributed by atoms with Gasteiger partial charge < -0.3 is 39.9 Å². The van der Waals surface area contributed by atoms with E-state index in [0.717, 1.165) is 46.5 Å². The Kier molecular flexibility index (Phi) is 12.7. The van der Waals surface area contributed by atoms with Crippen molar-refractivity contribution in [2.45, 2.75) is 39.8 Å². The maximum atomic E-state index is 12.6. The maximum absolute atomic E-state index is 12.6. The average molecular weight is 659 g/mol. The number of hydrogen-bond acceptors (Lipinski definition) is 8. The summed E-state index contributed by atoms with van der Waals surface area (Å²) in [6.45, 7) is 5.31. The van der Waals surface area contributed by atoms with Gasteiger partial charge in [0, 0.05) is 13.1 Å². The van der Waals surface area contributed by atoms with E-state index in [1.54, 1.807) is 22.2 Å². The van der Waals surface area contributed by atoms with Gasteiger partial charge in [0.15, 0.2) is 0 Å². The van der Waals surface area contributed by atoms with Gasteiger partial charge in [-0.3, -0.25) is 9.59 Å². The molecule has 0 spiro atoms. The number of carbonyl (C=O) groups is 4. The number of carbonyl (C=O) groups excluding carboxylic acids is 4. The third kappa shape index (κ3) is 9.67. The van der Waals surface area contributed by atoms with Crippen LogP contribution in [0.2, 0.25) is 0 Å². The molecule has 4 amide bonds. The molecule has 2 aromatic carbocycles. The van der Waals surface area contributed by atoms with Crippen LogP contribution in [0.3, 0.4) is 0 Å². The number of alkyl carbamates (subject to hydrolysis) is 2. The summed E-state index contributed by atoms with van der Waals surface area (Å²) in [5, 5.41) is 4.86. The lowest BCUT2D eigenvalue weighted by Gasteiger charge is -2.21. The highest BCUT2D eigenvalue weighted by Crippen LogP contribution is 2.27. The molecule has 14 nitrogen and oxygen atoms in total. The van der Waals surface area contributed by atoms with Gasteiger partial charge in [-0.2, -0.15) is 0 Å². The Balaban J connectivity index is 1.36. The molecule has 2 heterocycles. The van der Waals surface area contributed by atoms with Gasteiger partial charge in [-0.1, -0.05) is 62.4 Å². The fourth-order valence-electron chi connectivity index (χ4n) is 5.01. The second-order valence-electron chi connectivity index (χ2n) is 11.0. The molecule has 0 fully saturated rings. The number of H-pyrrole nitrogens is 2. The van der Waals surface area contributed by atoms with Crippen LogP contribution >= 0.6 is 0 Å². The number of nitrogens with one attached hydrogen (secondary N) is 4. The molecule has 0 saturated carbocycles. The van der Waals surface area contributed by atoms with Crippen molar-refractivity contribution in [2.75, 3.05) is 40.4 Å². The highest BCUT2D eigenvalue weighted by molar-refractivity contribution is 5.83. The molecule has 0 radical (unpaired) electrons. The lowest BCUT2D eigenvalue weighted by atomic mass is 10.0. The fraction of sp³-hybridized carbons (Fsp3) is 0.353. The van der Waals surface area contributed by atoms with Gasteiger partial charge in [-0.05, 0) is 35.1 Å². The molecule has 4 rings (SSSR count). The van der Waals surface area contributed by atoms with Gasteiger partial charge in [0.05, 0.1) is 51.1 Å². The van der Waals surface area contributed by atoms with Crippen LogP contribution in [0.4, 0.5) is 9.59 Å². The van der Waals surface area contributed by atoms with Crippen LogP contribution in [0, 0.1) is 0 Å². The lowest BCUT2D eigenvalue weighted by Crippen LogP contribution is -2.40. The van der Waals surface area contributed by atoms with E-state index < -0.39 is 12.2 Å². The molecular formula is C34H42N8O6. The first-order valence-corrected chi connectivity index (χ1v) is 15.7. The third-order valence-corrected chi connectivity index (χ3v) is 7.49. The van der Waals surface area contributed by atoms with Gasteiger partial charge >= 0.3 is 12.2 Å². The summed E-state index contributed by atoms with van der Waals surface area (Å²) in [6.07, 6.45) is 3.72. The Morgan fingerprint density at radius 1 is 0.625 bits per heavy atom. The third-order valence-electron chi connectivity index (χ3n) is 7.49. The number of rotatable bonds is 15. The van der Waals surface area contributed by atoms with Crippen molar-refractivity contribution in [1.82, 2.24) is 40.4 Å². The molecule has 0 aliphatic carbocycles. The molecule has 0 saturated heterocycles. The Bertz CT molecular complexity index is 1540. The van der Waals surface area contributed by atoms with E-state index in [0.29, 0.717) is 37.8 Å². The van der Waals surface area contributed by atoms with Crippen LogP contribution in [0.25, 0.3) is 33.6 Å². The molecular weight excluding hydrogens is 616 g/mol. The van der Waals surface area contributed by atoms with Crippen LogP contribution in [0.1, 0.15) is 38.3 Å². The molecule has 0 aliphatic heterocycles. The topological polar surface area (TPSA) is 175 Å². The minimum absolute atomic E-state index is 0.148. The normalized spacial score (nSPS) is 10.7. The van der Waals surface area contributed by atoms with Crippen molar-refractivity contribution in [3.05, 3.63) is 72.6 Å². The van der Waals surface area contributed by atoms with E-state index in [1.807, 2.05) is 62.4 Å². The summed E-state index contributed by atoms with van der Waals surface area (Å²) in [5.41, 5.74) is 5.66. The molecule has 14 heteroatoms. The monoisotopic (exact) mass is 658 g/mol. The number of aromatic amines is 2. The smallest absolute Gasteiger partial charge is 0.407 e. The first-order chi connectivity index (χ1) is 23.2. The Hall–Kier alpha value is -5.66. The number of aromatic nitrogens is 4. The number of hydrogen-bond donors (Lipinski definition) is 4. The second kappa shape index (κ2) is 17.3. The van der Waals surface area contributed by atoms with Gasteiger partial charge in [-0.25, -0.2) is 19.6 Å². The first kappa shape index (κ1) is 35.2. The van der Waals surface area contributed by atoms with Gasteiger partial charge in [0.2, 0.25) is 11.8 Å². The van der Waals surface area contributed by atoms with E-state index in [4.69, 9.17) is 0 Å². The predicted molar refractivity (Wildman–Crippen MR) is 179 cm³/mol. The molecule has 0 bridgehead atoms. The SMILES string of the molecule is CCCN(Cc1ncc(-c2ccc(-c3ccc(-c4cnc(CN(CCC)C(=O)CNC(=O)OC)[nH]4)cc3)cc2)[nH]1)C(=O)CNC(=O)OC. The summed E-state index contributed by atoms with van der Waals surface area (Å²) in [5.74, 6) is 0.847. The zero-order chi connectivity index (χ0) is 34.5. The second-order valence-corrected chi connectivity index (χ2v) is 11.0. The highest BCUT2D eigenvalue weighted by atomic mass is 16.5. The molecule has 0 unspecified atom stereocenters.